The van der Waals surface area contributed by atoms with Gasteiger partial charge in [0, 0.05) is 26.2 Å². The summed E-state index contributed by atoms with van der Waals surface area (Å²) in [6.45, 7) is 10.6. The van der Waals surface area contributed by atoms with Crippen molar-refractivity contribution in [2.45, 2.75) is 59.3 Å². The van der Waals surface area contributed by atoms with Crippen molar-refractivity contribution in [1.82, 2.24) is 21.3 Å². The molecule has 2 bridgehead atoms. The van der Waals surface area contributed by atoms with Crippen LogP contribution in [0.15, 0.2) is 36.4 Å². The number of nitrogens with one attached hydrogen (secondary N) is 4. The Labute approximate surface area is 185 Å². The van der Waals surface area contributed by atoms with Gasteiger partial charge in [-0.2, -0.15) is 0 Å². The maximum atomic E-state index is 12.8. The fourth-order valence-electron chi connectivity index (χ4n) is 4.17. The highest BCUT2D eigenvalue weighted by atomic mass is 16.2. The molecule has 0 spiro atoms. The van der Waals surface area contributed by atoms with Crippen molar-refractivity contribution in [1.29, 1.82) is 0 Å². The molecular formula is C25H36N4O2. The van der Waals surface area contributed by atoms with Gasteiger partial charge in [-0.25, -0.2) is 0 Å². The third-order valence-electron chi connectivity index (χ3n) is 5.98. The molecule has 2 aromatic carbocycles. The van der Waals surface area contributed by atoms with E-state index in [0.717, 1.165) is 0 Å². The van der Waals surface area contributed by atoms with Crippen LogP contribution in [0, 0.1) is 11.8 Å². The highest BCUT2D eigenvalue weighted by Crippen LogP contribution is 2.24. The number of rotatable bonds is 2. The first-order chi connectivity index (χ1) is 14.9. The fourth-order valence-corrected chi connectivity index (χ4v) is 4.17. The summed E-state index contributed by atoms with van der Waals surface area (Å²) >= 11 is 0. The molecule has 1 aliphatic heterocycles. The van der Waals surface area contributed by atoms with Gasteiger partial charge in [-0.05, 0) is 40.2 Å². The monoisotopic (exact) mass is 424 g/mol. The van der Waals surface area contributed by atoms with Crippen molar-refractivity contribution >= 4 is 22.6 Å². The molecule has 0 saturated carbocycles. The van der Waals surface area contributed by atoms with Crippen LogP contribution in [0.2, 0.25) is 0 Å². The summed E-state index contributed by atoms with van der Waals surface area (Å²) < 4.78 is 0. The summed E-state index contributed by atoms with van der Waals surface area (Å²) in [7, 11) is 0. The average Bonchev–Trinajstić information content (AvgIpc) is 2.73. The SMILES string of the molecule is CC(C)[C@@H]1NCc2ccc(c3ccccc23)CN[C@@H](C(C)C)C(=O)NCCCNC1=O. The maximum Gasteiger partial charge on any atom is 0.237 e. The summed E-state index contributed by atoms with van der Waals surface area (Å²) in [5.41, 5.74) is 2.33. The van der Waals surface area contributed by atoms with Crippen molar-refractivity contribution in [3.63, 3.8) is 0 Å². The first-order valence-corrected chi connectivity index (χ1v) is 11.4. The molecule has 2 atom stereocenters. The zero-order chi connectivity index (χ0) is 22.4. The maximum absolute atomic E-state index is 12.8. The Morgan fingerprint density at radius 3 is 1.52 bits per heavy atom. The number of carbonyl (C=O) groups is 2. The van der Waals surface area contributed by atoms with Crippen molar-refractivity contribution in [2.75, 3.05) is 13.1 Å². The Kier molecular flexibility index (Phi) is 8.04. The van der Waals surface area contributed by atoms with Crippen molar-refractivity contribution in [3.8, 4) is 0 Å². The molecule has 0 saturated heterocycles. The van der Waals surface area contributed by atoms with Gasteiger partial charge in [0.05, 0.1) is 12.1 Å². The van der Waals surface area contributed by atoms with Crippen LogP contribution in [0.5, 0.6) is 0 Å². The van der Waals surface area contributed by atoms with Gasteiger partial charge in [-0.3, -0.25) is 9.59 Å². The van der Waals surface area contributed by atoms with E-state index in [9.17, 15) is 9.59 Å². The molecule has 0 aromatic heterocycles. The van der Waals surface area contributed by atoms with Gasteiger partial charge >= 0.3 is 0 Å². The van der Waals surface area contributed by atoms with Crippen LogP contribution in [0.1, 0.15) is 45.2 Å². The number of fused-ring (bicyclic) bond motifs is 6. The summed E-state index contributed by atoms with van der Waals surface area (Å²) in [5, 5.41) is 15.3. The number of hydrogen-bond acceptors (Lipinski definition) is 4. The summed E-state index contributed by atoms with van der Waals surface area (Å²) in [6.07, 6.45) is 0.703. The molecule has 3 rings (SSSR count). The van der Waals surface area contributed by atoms with E-state index in [4.69, 9.17) is 0 Å². The van der Waals surface area contributed by atoms with Gasteiger partial charge < -0.3 is 21.3 Å². The lowest BCUT2D eigenvalue weighted by atomic mass is 9.97. The quantitative estimate of drug-likeness (QED) is 0.598. The Morgan fingerprint density at radius 2 is 1.13 bits per heavy atom. The molecule has 4 N–H and O–H groups in total. The molecule has 31 heavy (non-hydrogen) atoms. The molecule has 0 unspecified atom stereocenters. The summed E-state index contributed by atoms with van der Waals surface area (Å²) in [6, 6.07) is 12.1. The first kappa shape index (κ1) is 23.2. The molecule has 6 heteroatoms. The van der Waals surface area contributed by atoms with E-state index >= 15 is 0 Å². The number of hydrogen-bond donors (Lipinski definition) is 4. The van der Waals surface area contributed by atoms with Gasteiger partial charge in [-0.1, -0.05) is 64.1 Å². The smallest absolute Gasteiger partial charge is 0.237 e. The second-order valence-corrected chi connectivity index (χ2v) is 9.07. The van der Waals surface area contributed by atoms with Gasteiger partial charge in [0.15, 0.2) is 0 Å². The van der Waals surface area contributed by atoms with Crippen LogP contribution in [0.4, 0.5) is 0 Å². The second kappa shape index (κ2) is 10.7. The topological polar surface area (TPSA) is 82.3 Å². The van der Waals surface area contributed by atoms with Crippen molar-refractivity contribution < 1.29 is 9.59 Å². The molecule has 0 fully saturated rings. The first-order valence-electron chi connectivity index (χ1n) is 11.4. The van der Waals surface area contributed by atoms with Gasteiger partial charge in [-0.15, -0.1) is 0 Å². The molecule has 2 amide bonds. The third kappa shape index (κ3) is 5.83. The van der Waals surface area contributed by atoms with Crippen LogP contribution in [-0.4, -0.2) is 37.0 Å². The lowest BCUT2D eigenvalue weighted by Gasteiger charge is -2.23. The van der Waals surface area contributed by atoms with E-state index in [2.05, 4.69) is 73.2 Å². The molecule has 0 aliphatic carbocycles. The molecule has 168 valence electrons. The van der Waals surface area contributed by atoms with E-state index in [0.29, 0.717) is 32.6 Å². The van der Waals surface area contributed by atoms with Crippen LogP contribution in [-0.2, 0) is 22.7 Å². The predicted octanol–water partition coefficient (Wildman–Crippen LogP) is 2.70. The average molecular weight is 425 g/mol. The highest BCUT2D eigenvalue weighted by Gasteiger charge is 2.23. The van der Waals surface area contributed by atoms with Crippen LogP contribution >= 0.6 is 0 Å². The van der Waals surface area contributed by atoms with Gasteiger partial charge in [0.25, 0.3) is 0 Å². The van der Waals surface area contributed by atoms with Gasteiger partial charge in [0.2, 0.25) is 11.8 Å². The van der Waals surface area contributed by atoms with Crippen molar-refractivity contribution in [2.24, 2.45) is 11.8 Å². The number of amides is 2. The third-order valence-corrected chi connectivity index (χ3v) is 5.98. The van der Waals surface area contributed by atoms with E-state index < -0.39 is 0 Å². The molecular weight excluding hydrogens is 388 g/mol. The van der Waals surface area contributed by atoms with Gasteiger partial charge in [0.1, 0.15) is 0 Å². The lowest BCUT2D eigenvalue weighted by molar-refractivity contribution is -0.124. The largest absolute Gasteiger partial charge is 0.355 e. The van der Waals surface area contributed by atoms with E-state index in [1.54, 1.807) is 0 Å². The minimum absolute atomic E-state index is 0.00768. The molecule has 1 heterocycles. The molecule has 1 aliphatic rings. The Balaban J connectivity index is 1.94. The molecule has 6 nitrogen and oxygen atoms in total. The Hall–Kier alpha value is -2.44. The Bertz CT molecular complexity index is 837. The molecule has 0 radical (unpaired) electrons. The fraction of sp³-hybridized carbons (Fsp3) is 0.520. The normalized spacial score (nSPS) is 21.9. The Morgan fingerprint density at radius 1 is 0.710 bits per heavy atom. The summed E-state index contributed by atoms with van der Waals surface area (Å²) in [4.78, 5) is 25.5. The second-order valence-electron chi connectivity index (χ2n) is 9.07. The number of benzene rings is 2. The number of carbonyl (C=O) groups excluding carboxylic acids is 2. The summed E-state index contributed by atoms with van der Waals surface area (Å²) in [5.74, 6) is 0.355. The van der Waals surface area contributed by atoms with E-state index in [-0.39, 0.29) is 35.7 Å². The predicted molar refractivity (Wildman–Crippen MR) is 126 cm³/mol. The zero-order valence-electron chi connectivity index (χ0n) is 19.1. The highest BCUT2D eigenvalue weighted by molar-refractivity contribution is 5.89. The van der Waals surface area contributed by atoms with Crippen molar-refractivity contribution in [3.05, 3.63) is 47.5 Å². The standard InChI is InChI=1S/C25H36N4O2/c1-16(2)22-24(30)26-12-7-13-27-25(31)23(17(3)4)29-15-19-11-10-18(14-28-22)20-8-5-6-9-21(19)20/h5-6,8-11,16-17,22-23,28-29H,7,12-15H2,1-4H3,(H,26,30)(H,27,31)/t22-,23-/m0/s1. The lowest BCUT2D eigenvalue weighted by Crippen LogP contribution is -2.48. The minimum Gasteiger partial charge on any atom is -0.355 e. The zero-order valence-corrected chi connectivity index (χ0v) is 19.1. The van der Waals surface area contributed by atoms with Crippen LogP contribution in [0.25, 0.3) is 10.8 Å². The van der Waals surface area contributed by atoms with E-state index in [1.807, 2.05) is 12.1 Å². The van der Waals surface area contributed by atoms with E-state index in [1.165, 1.54) is 21.9 Å². The molecule has 2 aromatic rings. The van der Waals surface area contributed by atoms with Crippen LogP contribution < -0.4 is 21.3 Å². The van der Waals surface area contributed by atoms with Crippen LogP contribution in [0.3, 0.4) is 0 Å². The minimum atomic E-state index is -0.268.